The smallest absolute Gasteiger partial charge is 0.308 e. The first-order valence-electron chi connectivity index (χ1n) is 12.1. The van der Waals surface area contributed by atoms with Gasteiger partial charge in [0.05, 0.1) is 17.0 Å². The molecule has 182 valence electrons. The van der Waals surface area contributed by atoms with Crippen molar-refractivity contribution in [1.82, 2.24) is 4.57 Å². The van der Waals surface area contributed by atoms with Crippen molar-refractivity contribution in [3.63, 3.8) is 0 Å². The van der Waals surface area contributed by atoms with Crippen LogP contribution in [-0.4, -0.2) is 22.1 Å². The third kappa shape index (κ3) is 7.58. The van der Waals surface area contributed by atoms with Crippen molar-refractivity contribution in [3.05, 3.63) is 38.7 Å². The summed E-state index contributed by atoms with van der Waals surface area (Å²) in [7, 11) is 0. The molecular formula is C25H36N2O6. The van der Waals surface area contributed by atoms with Crippen LogP contribution in [0.4, 0.5) is 5.69 Å². The zero-order valence-corrected chi connectivity index (χ0v) is 20.1. The average Bonchev–Trinajstić information content (AvgIpc) is 2.78. The van der Waals surface area contributed by atoms with E-state index >= 15 is 0 Å². The predicted octanol–water partition coefficient (Wildman–Crippen LogP) is 6.15. The summed E-state index contributed by atoms with van der Waals surface area (Å²) in [5.74, 6) is -0.587. The van der Waals surface area contributed by atoms with E-state index in [4.69, 9.17) is 9.47 Å². The monoisotopic (exact) mass is 460 g/mol. The number of carbonyl (C=O) groups is 1. The number of aromatic nitrogens is 1. The topological polar surface area (TPSA) is 101 Å². The van der Waals surface area contributed by atoms with Crippen molar-refractivity contribution in [2.24, 2.45) is 0 Å². The van der Waals surface area contributed by atoms with E-state index in [0.29, 0.717) is 24.1 Å². The number of unbranched alkanes of at least 4 members (excludes halogenated alkanes) is 8. The number of pyridine rings is 1. The predicted molar refractivity (Wildman–Crippen MR) is 129 cm³/mol. The van der Waals surface area contributed by atoms with Gasteiger partial charge in [0.15, 0.2) is 5.75 Å². The Kier molecular flexibility index (Phi) is 10.9. The molecule has 2 rings (SSSR count). The summed E-state index contributed by atoms with van der Waals surface area (Å²) >= 11 is 0. The highest BCUT2D eigenvalue weighted by Crippen LogP contribution is 2.35. The van der Waals surface area contributed by atoms with Crippen LogP contribution in [0.3, 0.4) is 0 Å². The van der Waals surface area contributed by atoms with Gasteiger partial charge in [-0.3, -0.25) is 19.7 Å². The molecule has 8 heteroatoms. The highest BCUT2D eigenvalue weighted by Gasteiger charge is 2.23. The van der Waals surface area contributed by atoms with E-state index in [0.717, 1.165) is 57.8 Å². The van der Waals surface area contributed by atoms with E-state index in [1.54, 1.807) is 6.07 Å². The lowest BCUT2D eigenvalue weighted by Gasteiger charge is -2.18. The number of nitro benzene ring substituents is 1. The lowest BCUT2D eigenvalue weighted by molar-refractivity contribution is -0.384. The van der Waals surface area contributed by atoms with Crippen LogP contribution in [0.2, 0.25) is 0 Å². The van der Waals surface area contributed by atoms with Crippen LogP contribution < -0.4 is 15.0 Å². The summed E-state index contributed by atoms with van der Waals surface area (Å²) in [6.07, 6.45) is 10.2. The van der Waals surface area contributed by atoms with Gasteiger partial charge in [0, 0.05) is 31.0 Å². The number of aryl methyl sites for hydroxylation is 1. The van der Waals surface area contributed by atoms with Crippen molar-refractivity contribution in [2.45, 2.75) is 91.5 Å². The molecule has 0 aliphatic rings. The minimum absolute atomic E-state index is 0.104. The highest BCUT2D eigenvalue weighted by atomic mass is 16.6. The number of nitrogens with zero attached hydrogens (tertiary/aromatic N) is 2. The standard InChI is InChI=1S/C25H36N2O6/c1-4-6-8-10-11-12-16-26-22-18-20(27(30)31)14-15-21(22)23(32-17-13-9-7-5-2)24(25(26)29)33-19(3)28/h14-15,18H,4-13,16-17H2,1-3H3. The summed E-state index contributed by atoms with van der Waals surface area (Å²) in [6.45, 7) is 6.25. The molecule has 0 amide bonds. The zero-order valence-electron chi connectivity index (χ0n) is 20.1. The van der Waals surface area contributed by atoms with Crippen LogP contribution in [-0.2, 0) is 11.3 Å². The summed E-state index contributed by atoms with van der Waals surface area (Å²) in [4.78, 5) is 36.0. The number of fused-ring (bicyclic) bond motifs is 1. The normalized spacial score (nSPS) is 11.0. The third-order valence-electron chi connectivity index (χ3n) is 5.60. The van der Waals surface area contributed by atoms with Gasteiger partial charge in [-0.2, -0.15) is 0 Å². The number of benzene rings is 1. The summed E-state index contributed by atoms with van der Waals surface area (Å²) in [5, 5.41) is 11.9. The Labute approximate surface area is 195 Å². The quantitative estimate of drug-likeness (QED) is 0.137. The molecule has 2 aromatic rings. The summed E-state index contributed by atoms with van der Waals surface area (Å²) in [6, 6.07) is 4.34. The first-order valence-corrected chi connectivity index (χ1v) is 12.1. The Hall–Kier alpha value is -2.90. The Morgan fingerprint density at radius 3 is 2.24 bits per heavy atom. The molecule has 0 fully saturated rings. The van der Waals surface area contributed by atoms with E-state index in [-0.39, 0.29) is 17.2 Å². The zero-order chi connectivity index (χ0) is 24.2. The largest absolute Gasteiger partial charge is 0.489 e. The summed E-state index contributed by atoms with van der Waals surface area (Å²) in [5.41, 5.74) is -0.190. The van der Waals surface area contributed by atoms with Gasteiger partial charge < -0.3 is 14.0 Å². The highest BCUT2D eigenvalue weighted by molar-refractivity contribution is 5.90. The number of rotatable bonds is 15. The molecule has 33 heavy (non-hydrogen) atoms. The van der Waals surface area contributed by atoms with Gasteiger partial charge in [-0.25, -0.2) is 0 Å². The van der Waals surface area contributed by atoms with Gasteiger partial charge in [-0.1, -0.05) is 65.2 Å². The van der Waals surface area contributed by atoms with Crippen LogP contribution in [0.1, 0.15) is 85.0 Å². The maximum Gasteiger partial charge on any atom is 0.308 e. The van der Waals surface area contributed by atoms with Gasteiger partial charge in [0.2, 0.25) is 5.75 Å². The van der Waals surface area contributed by atoms with Crippen molar-refractivity contribution in [3.8, 4) is 11.5 Å². The molecule has 0 aliphatic heterocycles. The van der Waals surface area contributed by atoms with E-state index in [9.17, 15) is 19.7 Å². The molecule has 1 aromatic carbocycles. The second-order valence-corrected chi connectivity index (χ2v) is 8.34. The van der Waals surface area contributed by atoms with Gasteiger partial charge >= 0.3 is 5.97 Å². The van der Waals surface area contributed by atoms with Gasteiger partial charge in [0.25, 0.3) is 11.2 Å². The molecule has 0 spiro atoms. The van der Waals surface area contributed by atoms with Crippen LogP contribution in [0.25, 0.3) is 10.9 Å². The number of nitro groups is 1. The number of carbonyl (C=O) groups excluding carboxylic acids is 1. The molecule has 0 N–H and O–H groups in total. The molecule has 0 unspecified atom stereocenters. The van der Waals surface area contributed by atoms with Crippen LogP contribution in [0.15, 0.2) is 23.0 Å². The van der Waals surface area contributed by atoms with E-state index < -0.39 is 16.5 Å². The molecule has 0 atom stereocenters. The Balaban J connectivity index is 2.47. The van der Waals surface area contributed by atoms with Crippen LogP contribution in [0, 0.1) is 10.1 Å². The van der Waals surface area contributed by atoms with Crippen LogP contribution >= 0.6 is 0 Å². The number of non-ortho nitro benzene ring substituents is 1. The fourth-order valence-electron chi connectivity index (χ4n) is 3.85. The number of hydrogen-bond acceptors (Lipinski definition) is 6. The second kappa shape index (κ2) is 13.6. The molecule has 0 bridgehead atoms. The van der Waals surface area contributed by atoms with Crippen molar-refractivity contribution >= 4 is 22.6 Å². The van der Waals surface area contributed by atoms with Crippen LogP contribution in [0.5, 0.6) is 11.5 Å². The molecule has 0 saturated heterocycles. The van der Waals surface area contributed by atoms with E-state index in [1.165, 1.54) is 30.0 Å². The third-order valence-corrected chi connectivity index (χ3v) is 5.60. The van der Waals surface area contributed by atoms with Crippen molar-refractivity contribution < 1.29 is 19.2 Å². The van der Waals surface area contributed by atoms with Crippen molar-refractivity contribution in [1.29, 1.82) is 0 Å². The van der Waals surface area contributed by atoms with E-state index in [2.05, 4.69) is 13.8 Å². The Morgan fingerprint density at radius 2 is 1.61 bits per heavy atom. The number of esters is 1. The number of ether oxygens (including phenoxy) is 2. The SMILES string of the molecule is CCCCCCCCn1c(=O)c(OC(C)=O)c(OCCCCCC)c2ccc([N+](=O)[O-])cc21. The summed E-state index contributed by atoms with van der Waals surface area (Å²) < 4.78 is 12.7. The number of hydrogen-bond donors (Lipinski definition) is 0. The molecule has 1 heterocycles. The van der Waals surface area contributed by atoms with Gasteiger partial charge in [-0.15, -0.1) is 0 Å². The minimum atomic E-state index is -0.615. The maximum atomic E-state index is 13.4. The minimum Gasteiger partial charge on any atom is -0.489 e. The van der Waals surface area contributed by atoms with Gasteiger partial charge in [0.1, 0.15) is 0 Å². The first-order chi connectivity index (χ1) is 15.9. The van der Waals surface area contributed by atoms with Crippen molar-refractivity contribution in [2.75, 3.05) is 6.61 Å². The molecule has 0 radical (unpaired) electrons. The molecule has 8 nitrogen and oxygen atoms in total. The fourth-order valence-corrected chi connectivity index (χ4v) is 3.85. The molecule has 0 saturated carbocycles. The van der Waals surface area contributed by atoms with Gasteiger partial charge in [-0.05, 0) is 18.9 Å². The molecule has 0 aliphatic carbocycles. The second-order valence-electron chi connectivity index (χ2n) is 8.34. The fraction of sp³-hybridized carbons (Fsp3) is 0.600. The lowest BCUT2D eigenvalue weighted by Crippen LogP contribution is -2.25. The Bertz CT molecular complexity index is 999. The molecule has 1 aromatic heterocycles. The maximum absolute atomic E-state index is 13.4. The first kappa shape index (κ1) is 26.4. The Morgan fingerprint density at radius 1 is 0.970 bits per heavy atom. The van der Waals surface area contributed by atoms with E-state index in [1.807, 2.05) is 0 Å². The average molecular weight is 461 g/mol. The molecular weight excluding hydrogens is 424 g/mol. The lowest BCUT2D eigenvalue weighted by atomic mass is 10.1.